The summed E-state index contributed by atoms with van der Waals surface area (Å²) in [5.41, 5.74) is 3.72. The molecule has 0 aliphatic carbocycles. The van der Waals surface area contributed by atoms with Crippen LogP contribution in [0.5, 0.6) is 0 Å². The standard InChI is InChI=1S/C33H27NO7S/c35-18-20-12-14-21(15-13-20)28-17-24(19-42-29-11-4-3-10-27(29)32(38)39)40-33(41-28)22-6-5-7-23(16-22)34-30(36)25-8-1-2-9-26(25)31(34)37/h1-16,24,28,33,35H,17-19H2,(H,38,39). The minimum atomic E-state index is -0.990. The number of ether oxygens (including phenoxy) is 2. The zero-order valence-electron chi connectivity index (χ0n) is 22.4. The molecule has 0 spiro atoms. The molecule has 3 atom stereocenters. The van der Waals surface area contributed by atoms with Gasteiger partial charge in [0.05, 0.1) is 41.2 Å². The number of aliphatic hydroxyl groups is 1. The summed E-state index contributed by atoms with van der Waals surface area (Å²) < 4.78 is 12.8. The van der Waals surface area contributed by atoms with Gasteiger partial charge >= 0.3 is 5.97 Å². The summed E-state index contributed by atoms with van der Waals surface area (Å²) in [5, 5.41) is 19.1. The van der Waals surface area contributed by atoms with Crippen LogP contribution in [0, 0.1) is 0 Å². The van der Waals surface area contributed by atoms with Crippen LogP contribution >= 0.6 is 11.8 Å². The normalized spacial score (nSPS) is 20.0. The second-order valence-corrected chi connectivity index (χ2v) is 11.1. The number of nitrogens with zero attached hydrogens (tertiary/aromatic N) is 1. The number of anilines is 1. The van der Waals surface area contributed by atoms with Gasteiger partial charge in [-0.25, -0.2) is 9.69 Å². The first-order valence-corrected chi connectivity index (χ1v) is 14.4. The van der Waals surface area contributed by atoms with Crippen LogP contribution in [0.15, 0.2) is 102 Å². The highest BCUT2D eigenvalue weighted by atomic mass is 32.2. The SMILES string of the molecule is O=C(O)c1ccccc1SCC1CC(c2ccc(CO)cc2)OC(c2cccc(N3C(=O)c4ccccc4C3=O)c2)O1. The molecule has 0 radical (unpaired) electrons. The van der Waals surface area contributed by atoms with E-state index < -0.39 is 12.3 Å². The lowest BCUT2D eigenvalue weighted by molar-refractivity contribution is -0.245. The molecule has 4 aromatic carbocycles. The summed E-state index contributed by atoms with van der Waals surface area (Å²) >= 11 is 1.41. The fourth-order valence-electron chi connectivity index (χ4n) is 5.21. The van der Waals surface area contributed by atoms with Gasteiger partial charge in [0.2, 0.25) is 0 Å². The average molecular weight is 582 g/mol. The van der Waals surface area contributed by atoms with E-state index in [0.717, 1.165) is 16.0 Å². The lowest BCUT2D eigenvalue weighted by atomic mass is 10.0. The fraction of sp³-hybridized carbons (Fsp3) is 0.182. The van der Waals surface area contributed by atoms with Crippen LogP contribution in [0.2, 0.25) is 0 Å². The van der Waals surface area contributed by atoms with E-state index in [4.69, 9.17) is 9.47 Å². The summed E-state index contributed by atoms with van der Waals surface area (Å²) in [7, 11) is 0. The van der Waals surface area contributed by atoms with Crippen molar-refractivity contribution in [2.24, 2.45) is 0 Å². The number of carbonyl (C=O) groups excluding carboxylic acids is 2. The molecule has 3 unspecified atom stereocenters. The highest BCUT2D eigenvalue weighted by molar-refractivity contribution is 7.99. The molecule has 9 heteroatoms. The van der Waals surface area contributed by atoms with Gasteiger partial charge in [0.1, 0.15) is 0 Å². The van der Waals surface area contributed by atoms with Gasteiger partial charge in [0.15, 0.2) is 6.29 Å². The van der Waals surface area contributed by atoms with E-state index in [1.807, 2.05) is 30.3 Å². The van der Waals surface area contributed by atoms with Gasteiger partial charge in [0.25, 0.3) is 11.8 Å². The van der Waals surface area contributed by atoms with Gasteiger partial charge in [-0.15, -0.1) is 11.8 Å². The van der Waals surface area contributed by atoms with Crippen molar-refractivity contribution in [1.29, 1.82) is 0 Å². The average Bonchev–Trinajstić information content (AvgIpc) is 3.29. The molecule has 42 heavy (non-hydrogen) atoms. The van der Waals surface area contributed by atoms with E-state index in [-0.39, 0.29) is 36.2 Å². The molecule has 212 valence electrons. The van der Waals surface area contributed by atoms with Crippen molar-refractivity contribution in [3.8, 4) is 0 Å². The summed E-state index contributed by atoms with van der Waals surface area (Å²) in [5.74, 6) is -1.28. The highest BCUT2D eigenvalue weighted by Crippen LogP contribution is 2.41. The molecule has 2 heterocycles. The van der Waals surface area contributed by atoms with Crippen molar-refractivity contribution in [2.45, 2.75) is 36.4 Å². The second kappa shape index (κ2) is 11.9. The Labute approximate surface area is 246 Å². The molecule has 6 rings (SSSR count). The van der Waals surface area contributed by atoms with Gasteiger partial charge in [-0.05, 0) is 47.5 Å². The second-order valence-electron chi connectivity index (χ2n) is 10.0. The van der Waals surface area contributed by atoms with Crippen LogP contribution in [-0.2, 0) is 16.1 Å². The Bertz CT molecular complexity index is 1620. The van der Waals surface area contributed by atoms with E-state index in [1.54, 1.807) is 66.7 Å². The van der Waals surface area contributed by atoms with Crippen molar-refractivity contribution in [1.82, 2.24) is 0 Å². The molecule has 2 aliphatic rings. The lowest BCUT2D eigenvalue weighted by Crippen LogP contribution is -2.32. The number of thioether (sulfide) groups is 1. The van der Waals surface area contributed by atoms with E-state index in [0.29, 0.717) is 39.4 Å². The number of carbonyl (C=O) groups is 3. The summed E-state index contributed by atoms with van der Waals surface area (Å²) in [6.45, 7) is -0.0651. The van der Waals surface area contributed by atoms with E-state index >= 15 is 0 Å². The van der Waals surface area contributed by atoms with Crippen molar-refractivity contribution in [3.63, 3.8) is 0 Å². The van der Waals surface area contributed by atoms with Crippen molar-refractivity contribution in [3.05, 3.63) is 130 Å². The number of aliphatic hydroxyl groups excluding tert-OH is 1. The quantitative estimate of drug-likeness (QED) is 0.192. The molecule has 1 saturated heterocycles. The van der Waals surface area contributed by atoms with E-state index in [9.17, 15) is 24.6 Å². The first-order valence-electron chi connectivity index (χ1n) is 13.5. The predicted molar refractivity (Wildman–Crippen MR) is 157 cm³/mol. The molecule has 4 aromatic rings. The Morgan fingerprint density at radius 1 is 0.833 bits per heavy atom. The van der Waals surface area contributed by atoms with Crippen molar-refractivity contribution >= 4 is 35.2 Å². The zero-order chi connectivity index (χ0) is 29.2. The number of imide groups is 1. The van der Waals surface area contributed by atoms with Gasteiger partial charge in [-0.1, -0.05) is 60.7 Å². The molecule has 8 nitrogen and oxygen atoms in total. The van der Waals surface area contributed by atoms with Gasteiger partial charge in [-0.2, -0.15) is 0 Å². The Balaban J connectivity index is 1.28. The van der Waals surface area contributed by atoms with Crippen molar-refractivity contribution < 1.29 is 34.1 Å². The van der Waals surface area contributed by atoms with Crippen LogP contribution in [0.25, 0.3) is 0 Å². The molecule has 0 bridgehead atoms. The number of amides is 2. The van der Waals surface area contributed by atoms with Crippen molar-refractivity contribution in [2.75, 3.05) is 10.7 Å². The number of aromatic carboxylic acids is 1. The zero-order valence-corrected chi connectivity index (χ0v) is 23.2. The number of carboxylic acid groups (broad SMARTS) is 1. The first kappa shape index (κ1) is 27.9. The molecule has 2 N–H and O–H groups in total. The third-order valence-electron chi connectivity index (χ3n) is 7.35. The van der Waals surface area contributed by atoms with Crippen LogP contribution in [-0.4, -0.2) is 39.9 Å². The monoisotopic (exact) mass is 581 g/mol. The number of benzene rings is 4. The molecule has 0 aromatic heterocycles. The number of hydrogen-bond acceptors (Lipinski definition) is 7. The minimum Gasteiger partial charge on any atom is -0.478 e. The molecule has 2 aliphatic heterocycles. The van der Waals surface area contributed by atoms with E-state index in [2.05, 4.69) is 0 Å². The van der Waals surface area contributed by atoms with Gasteiger partial charge in [0, 0.05) is 22.6 Å². The molecule has 1 fully saturated rings. The third-order valence-corrected chi connectivity index (χ3v) is 8.56. The number of hydrogen-bond donors (Lipinski definition) is 2. The largest absolute Gasteiger partial charge is 0.478 e. The fourth-order valence-corrected chi connectivity index (χ4v) is 6.27. The van der Waals surface area contributed by atoms with Gasteiger partial charge in [-0.3, -0.25) is 9.59 Å². The van der Waals surface area contributed by atoms with E-state index in [1.165, 1.54) is 11.8 Å². The number of fused-ring (bicyclic) bond motifs is 1. The molecule has 2 amide bonds. The lowest BCUT2D eigenvalue weighted by Gasteiger charge is -2.36. The Hall–Kier alpha value is -4.28. The molecular weight excluding hydrogens is 554 g/mol. The van der Waals surface area contributed by atoms with Gasteiger partial charge < -0.3 is 19.7 Å². The predicted octanol–water partition coefficient (Wildman–Crippen LogP) is 6.02. The maximum Gasteiger partial charge on any atom is 0.336 e. The Morgan fingerprint density at radius 2 is 1.52 bits per heavy atom. The molecular formula is C33H27NO7S. The maximum absolute atomic E-state index is 13.1. The number of carboxylic acids is 1. The maximum atomic E-state index is 13.1. The topological polar surface area (TPSA) is 113 Å². The van der Waals surface area contributed by atoms with Crippen LogP contribution in [0.3, 0.4) is 0 Å². The molecule has 0 saturated carbocycles. The van der Waals surface area contributed by atoms with Crippen LogP contribution in [0.4, 0.5) is 5.69 Å². The highest BCUT2D eigenvalue weighted by Gasteiger charge is 2.37. The smallest absolute Gasteiger partial charge is 0.336 e. The van der Waals surface area contributed by atoms with Crippen LogP contribution < -0.4 is 4.90 Å². The Morgan fingerprint density at radius 3 is 2.21 bits per heavy atom. The third kappa shape index (κ3) is 5.47. The summed E-state index contributed by atoms with van der Waals surface area (Å²) in [6, 6.07) is 28.1. The van der Waals surface area contributed by atoms with Crippen LogP contribution in [0.1, 0.15) is 66.6 Å². The first-order chi connectivity index (χ1) is 20.4. The Kier molecular flexibility index (Phi) is 7.90. The summed E-state index contributed by atoms with van der Waals surface area (Å²) in [6.07, 6.45) is -0.937. The number of rotatable bonds is 8. The summed E-state index contributed by atoms with van der Waals surface area (Å²) in [4.78, 5) is 39.8. The minimum absolute atomic E-state index is 0.0651.